The van der Waals surface area contributed by atoms with E-state index in [1.807, 2.05) is 0 Å². The van der Waals surface area contributed by atoms with Crippen molar-refractivity contribution in [2.24, 2.45) is 10.1 Å². The molecule has 1 heterocycles. The largest absolute Gasteiger partial charge is 0.353 e. The maximum atomic E-state index is 13.1. The first-order valence-electron chi connectivity index (χ1n) is 4.79. The van der Waals surface area contributed by atoms with E-state index in [0.29, 0.717) is 12.5 Å². The number of nitrogens with zero attached hydrogens (tertiary/aromatic N) is 2. The molecule has 84 valence electrons. The molecule has 4 nitrogen and oxygen atoms in total. The van der Waals surface area contributed by atoms with Crippen molar-refractivity contribution in [3.8, 4) is 0 Å². The van der Waals surface area contributed by atoms with Crippen LogP contribution in [0.1, 0.15) is 5.56 Å². The highest BCUT2D eigenvalue weighted by Gasteiger charge is 2.06. The Hall–Kier alpha value is -1.98. The number of nitrogens with one attached hydrogen (secondary N) is 2. The number of hydrogen-bond acceptors (Lipinski definition) is 4. The lowest BCUT2D eigenvalue weighted by atomic mass is 10.2. The van der Waals surface area contributed by atoms with Crippen molar-refractivity contribution in [1.82, 2.24) is 10.7 Å². The van der Waals surface area contributed by atoms with E-state index in [0.717, 1.165) is 12.8 Å². The second-order valence-corrected chi connectivity index (χ2v) is 3.16. The third kappa shape index (κ3) is 2.33. The van der Waals surface area contributed by atoms with E-state index in [1.54, 1.807) is 0 Å². The minimum Gasteiger partial charge on any atom is -0.353 e. The summed E-state index contributed by atoms with van der Waals surface area (Å²) in [5.41, 5.74) is 2.39. The minimum atomic E-state index is -0.646. The zero-order valence-electron chi connectivity index (χ0n) is 8.37. The summed E-state index contributed by atoms with van der Waals surface area (Å²) in [6.45, 7) is 1.41. The van der Waals surface area contributed by atoms with Crippen molar-refractivity contribution >= 4 is 12.2 Å². The summed E-state index contributed by atoms with van der Waals surface area (Å²) in [6.07, 6.45) is 1.09. The molecule has 1 aromatic rings. The van der Waals surface area contributed by atoms with Gasteiger partial charge in [0.2, 0.25) is 5.96 Å². The number of hydrogen-bond donors (Lipinski definition) is 2. The predicted molar refractivity (Wildman–Crippen MR) is 57.4 cm³/mol. The standard InChI is InChI=1S/C10H10F2N4/c11-8-2-1-3-9(12)7(8)6-15-16-10-13-4-5-14-10/h1-3,6H,4-5H2,(H2,13,14,16)/b15-6+. The summed E-state index contributed by atoms with van der Waals surface area (Å²) in [5, 5.41) is 6.61. The third-order valence-electron chi connectivity index (χ3n) is 2.04. The van der Waals surface area contributed by atoms with Crippen molar-refractivity contribution in [2.45, 2.75) is 0 Å². The Morgan fingerprint density at radius 2 is 2.12 bits per heavy atom. The summed E-state index contributed by atoms with van der Waals surface area (Å²) >= 11 is 0. The molecular weight excluding hydrogens is 214 g/mol. The molecule has 0 bridgehead atoms. The van der Waals surface area contributed by atoms with Crippen LogP contribution in [-0.2, 0) is 0 Å². The summed E-state index contributed by atoms with van der Waals surface area (Å²) < 4.78 is 26.3. The van der Waals surface area contributed by atoms with Crippen LogP contribution in [-0.4, -0.2) is 25.3 Å². The van der Waals surface area contributed by atoms with E-state index in [-0.39, 0.29) is 5.56 Å². The zero-order chi connectivity index (χ0) is 11.4. The van der Waals surface area contributed by atoms with Gasteiger partial charge < -0.3 is 5.32 Å². The number of guanidine groups is 1. The molecule has 0 aromatic heterocycles. The maximum absolute atomic E-state index is 13.1. The molecule has 2 rings (SSSR count). The number of hydrazone groups is 1. The van der Waals surface area contributed by atoms with Crippen LogP contribution in [0.25, 0.3) is 0 Å². The number of rotatable bonds is 2. The Kier molecular flexibility index (Phi) is 3.09. The van der Waals surface area contributed by atoms with Crippen LogP contribution in [0.15, 0.2) is 28.3 Å². The van der Waals surface area contributed by atoms with Gasteiger partial charge in [0, 0.05) is 6.54 Å². The average molecular weight is 224 g/mol. The van der Waals surface area contributed by atoms with Crippen molar-refractivity contribution in [1.29, 1.82) is 0 Å². The number of aliphatic imine (C=N–C) groups is 1. The van der Waals surface area contributed by atoms with Gasteiger partial charge in [0.05, 0.1) is 18.3 Å². The molecule has 1 aliphatic rings. The van der Waals surface area contributed by atoms with Gasteiger partial charge in [0.25, 0.3) is 0 Å². The molecule has 1 aromatic carbocycles. The molecule has 0 saturated heterocycles. The van der Waals surface area contributed by atoms with E-state index < -0.39 is 11.6 Å². The fourth-order valence-corrected chi connectivity index (χ4v) is 1.26. The van der Waals surface area contributed by atoms with Gasteiger partial charge in [0.15, 0.2) is 0 Å². The summed E-state index contributed by atoms with van der Waals surface area (Å²) in [6, 6.07) is 3.66. The fraction of sp³-hybridized carbons (Fsp3) is 0.200. The van der Waals surface area contributed by atoms with Crippen LogP contribution in [0.5, 0.6) is 0 Å². The Morgan fingerprint density at radius 3 is 2.75 bits per heavy atom. The molecule has 0 spiro atoms. The van der Waals surface area contributed by atoms with Crippen LogP contribution in [0.2, 0.25) is 0 Å². The fourth-order valence-electron chi connectivity index (χ4n) is 1.26. The van der Waals surface area contributed by atoms with Gasteiger partial charge in [-0.1, -0.05) is 6.07 Å². The van der Waals surface area contributed by atoms with Gasteiger partial charge in [-0.15, -0.1) is 0 Å². The molecule has 1 aliphatic heterocycles. The molecular formula is C10H10F2N4. The average Bonchev–Trinajstić information content (AvgIpc) is 2.75. The highest BCUT2D eigenvalue weighted by atomic mass is 19.1. The van der Waals surface area contributed by atoms with Gasteiger partial charge in [-0.2, -0.15) is 5.10 Å². The van der Waals surface area contributed by atoms with E-state index >= 15 is 0 Å². The topological polar surface area (TPSA) is 48.8 Å². The smallest absolute Gasteiger partial charge is 0.212 e. The van der Waals surface area contributed by atoms with E-state index in [4.69, 9.17) is 0 Å². The molecule has 2 N–H and O–H groups in total. The molecule has 0 amide bonds. The molecule has 0 radical (unpaired) electrons. The molecule has 16 heavy (non-hydrogen) atoms. The summed E-state index contributed by atoms with van der Waals surface area (Å²) in [4.78, 5) is 4.00. The molecule has 0 fully saturated rings. The Balaban J connectivity index is 2.05. The van der Waals surface area contributed by atoms with Gasteiger partial charge in [0.1, 0.15) is 11.6 Å². The SMILES string of the molecule is Fc1cccc(F)c1/C=N/NC1=NCCN1. The third-order valence-corrected chi connectivity index (χ3v) is 2.04. The second-order valence-electron chi connectivity index (χ2n) is 3.16. The van der Waals surface area contributed by atoms with E-state index in [9.17, 15) is 8.78 Å². The zero-order valence-corrected chi connectivity index (χ0v) is 8.37. The second kappa shape index (κ2) is 4.69. The maximum Gasteiger partial charge on any atom is 0.212 e. The van der Waals surface area contributed by atoms with Crippen molar-refractivity contribution in [3.63, 3.8) is 0 Å². The monoisotopic (exact) mass is 224 g/mol. The first kappa shape index (κ1) is 10.5. The lowest BCUT2D eigenvalue weighted by molar-refractivity contribution is 0.580. The van der Waals surface area contributed by atoms with Crippen LogP contribution in [0.4, 0.5) is 8.78 Å². The Bertz CT molecular complexity index is 422. The van der Waals surface area contributed by atoms with Gasteiger partial charge >= 0.3 is 0 Å². The first-order chi connectivity index (χ1) is 7.77. The molecule has 0 aliphatic carbocycles. The van der Waals surface area contributed by atoms with Gasteiger partial charge in [-0.3, -0.25) is 0 Å². The van der Waals surface area contributed by atoms with Crippen LogP contribution in [0, 0.1) is 11.6 Å². The Labute approximate surface area is 91.1 Å². The normalized spacial score (nSPS) is 15.0. The van der Waals surface area contributed by atoms with Gasteiger partial charge in [-0.25, -0.2) is 19.2 Å². The van der Waals surface area contributed by atoms with Crippen molar-refractivity contribution in [2.75, 3.05) is 13.1 Å². The number of benzene rings is 1. The first-order valence-corrected chi connectivity index (χ1v) is 4.79. The summed E-state index contributed by atoms with van der Waals surface area (Å²) in [7, 11) is 0. The van der Waals surface area contributed by atoms with Gasteiger partial charge in [-0.05, 0) is 12.1 Å². The van der Waals surface area contributed by atoms with Crippen molar-refractivity contribution < 1.29 is 8.78 Å². The van der Waals surface area contributed by atoms with Crippen LogP contribution < -0.4 is 10.7 Å². The van der Waals surface area contributed by atoms with Crippen molar-refractivity contribution in [3.05, 3.63) is 35.4 Å². The highest BCUT2D eigenvalue weighted by Crippen LogP contribution is 2.08. The predicted octanol–water partition coefficient (Wildman–Crippen LogP) is 0.848. The lowest BCUT2D eigenvalue weighted by Crippen LogP contribution is -2.30. The van der Waals surface area contributed by atoms with Crippen LogP contribution >= 0.6 is 0 Å². The molecule has 0 saturated carbocycles. The van der Waals surface area contributed by atoms with E-state index in [1.165, 1.54) is 18.2 Å². The minimum absolute atomic E-state index is 0.173. The summed E-state index contributed by atoms with van der Waals surface area (Å²) in [5.74, 6) is -0.785. The highest BCUT2D eigenvalue weighted by molar-refractivity contribution is 5.84. The molecule has 0 atom stereocenters. The molecule has 0 unspecified atom stereocenters. The van der Waals surface area contributed by atoms with Crippen LogP contribution in [0.3, 0.4) is 0 Å². The molecule has 6 heteroatoms. The Morgan fingerprint density at radius 1 is 1.38 bits per heavy atom. The van der Waals surface area contributed by atoms with E-state index in [2.05, 4.69) is 20.8 Å². The number of halogens is 2. The quantitative estimate of drug-likeness (QED) is 0.578. The lowest BCUT2D eigenvalue weighted by Gasteiger charge is -2.00.